The minimum atomic E-state index is 0.551. The van der Waals surface area contributed by atoms with Gasteiger partial charge >= 0.3 is 0 Å². The van der Waals surface area contributed by atoms with E-state index in [0.29, 0.717) is 11.6 Å². The summed E-state index contributed by atoms with van der Waals surface area (Å²) in [5.41, 5.74) is 3.65. The van der Waals surface area contributed by atoms with Crippen LogP contribution in [-0.4, -0.2) is 19.6 Å². The maximum atomic E-state index is 5.80. The third-order valence-corrected chi connectivity index (χ3v) is 3.19. The van der Waals surface area contributed by atoms with Gasteiger partial charge in [-0.25, -0.2) is 0 Å². The lowest BCUT2D eigenvalue weighted by Crippen LogP contribution is -2.21. The molecule has 0 aliphatic carbocycles. The molecule has 0 amide bonds. The zero-order valence-corrected chi connectivity index (χ0v) is 11.7. The summed E-state index contributed by atoms with van der Waals surface area (Å²) >= 11 is 11.3. The highest BCUT2D eigenvalue weighted by Gasteiger charge is 2.01. The van der Waals surface area contributed by atoms with E-state index in [9.17, 15) is 0 Å². The van der Waals surface area contributed by atoms with Crippen LogP contribution in [0.1, 0.15) is 13.8 Å². The molecule has 0 saturated heterocycles. The molecule has 0 heterocycles. The number of benzene rings is 1. The first-order valence-electron chi connectivity index (χ1n) is 5.74. The van der Waals surface area contributed by atoms with Crippen molar-refractivity contribution in [2.24, 2.45) is 0 Å². The van der Waals surface area contributed by atoms with Crippen LogP contribution >= 0.6 is 23.2 Å². The van der Waals surface area contributed by atoms with Gasteiger partial charge in [-0.05, 0) is 38.1 Å². The van der Waals surface area contributed by atoms with Crippen LogP contribution in [0.15, 0.2) is 34.8 Å². The molecule has 0 unspecified atom stereocenters. The number of hydrogen-bond acceptors (Lipinski definition) is 2. The van der Waals surface area contributed by atoms with Crippen LogP contribution in [0, 0.1) is 0 Å². The van der Waals surface area contributed by atoms with E-state index >= 15 is 0 Å². The van der Waals surface area contributed by atoms with Gasteiger partial charge in [0.1, 0.15) is 0 Å². The van der Waals surface area contributed by atoms with Crippen molar-refractivity contribution < 1.29 is 0 Å². The quantitative estimate of drug-likeness (QED) is 0.833. The van der Waals surface area contributed by atoms with E-state index in [0.717, 1.165) is 18.8 Å². The first-order valence-corrected chi connectivity index (χ1v) is 6.56. The van der Waals surface area contributed by atoms with Crippen LogP contribution in [-0.2, 0) is 0 Å². The highest BCUT2D eigenvalue weighted by atomic mass is 35.5. The fraction of sp³-hybridized carbons (Fsp3) is 0.385. The Morgan fingerprint density at radius 1 is 1.24 bits per heavy atom. The van der Waals surface area contributed by atoms with Crippen molar-refractivity contribution in [2.45, 2.75) is 13.8 Å². The summed E-state index contributed by atoms with van der Waals surface area (Å²) in [6, 6.07) is 8.30. The maximum Gasteiger partial charge on any atom is 0.0516 e. The molecule has 0 aliphatic rings. The zero-order valence-electron chi connectivity index (χ0n) is 10.2. The Balaban J connectivity index is 2.61. The number of anilines is 2. The first-order chi connectivity index (χ1) is 8.21. The van der Waals surface area contributed by atoms with Crippen LogP contribution in [0.5, 0.6) is 0 Å². The van der Waals surface area contributed by atoms with Crippen LogP contribution in [0.4, 0.5) is 11.4 Å². The Labute approximate surface area is 113 Å². The standard InChI is InChI=1S/C13H18Cl2N2/c1-3-17(4-2)13-7-5-12(6-8-13)16-10-11(15)9-14/h5-9,16H,3-4,10H2,1-2H3. The second-order valence-corrected chi connectivity index (χ2v) is 4.33. The van der Waals surface area contributed by atoms with Gasteiger partial charge in [0.15, 0.2) is 0 Å². The SMILES string of the molecule is CCN(CC)c1ccc(NCC(Cl)=CCl)cc1. The smallest absolute Gasteiger partial charge is 0.0516 e. The summed E-state index contributed by atoms with van der Waals surface area (Å²) < 4.78 is 0. The van der Waals surface area contributed by atoms with Gasteiger partial charge in [-0.15, -0.1) is 0 Å². The molecule has 4 heteroatoms. The van der Waals surface area contributed by atoms with E-state index in [1.165, 1.54) is 11.2 Å². The molecule has 1 rings (SSSR count). The Bertz CT molecular complexity index is 356. The Hall–Kier alpha value is -0.860. The number of hydrogen-bond donors (Lipinski definition) is 1. The molecule has 0 atom stereocenters. The molecule has 0 spiro atoms. The van der Waals surface area contributed by atoms with E-state index in [1.54, 1.807) is 0 Å². The topological polar surface area (TPSA) is 15.3 Å². The lowest BCUT2D eigenvalue weighted by molar-refractivity contribution is 0.866. The first kappa shape index (κ1) is 14.2. The second kappa shape index (κ2) is 7.46. The molecule has 1 aromatic carbocycles. The minimum absolute atomic E-state index is 0.551. The van der Waals surface area contributed by atoms with Gasteiger partial charge in [0.25, 0.3) is 0 Å². The average Bonchev–Trinajstić information content (AvgIpc) is 2.38. The van der Waals surface area contributed by atoms with Gasteiger partial charge < -0.3 is 10.2 Å². The second-order valence-electron chi connectivity index (χ2n) is 3.63. The van der Waals surface area contributed by atoms with Crippen LogP contribution in [0.3, 0.4) is 0 Å². The molecule has 0 saturated carbocycles. The normalized spacial score (nSPS) is 11.4. The van der Waals surface area contributed by atoms with E-state index in [4.69, 9.17) is 23.2 Å². The Morgan fingerprint density at radius 3 is 2.29 bits per heavy atom. The number of rotatable bonds is 6. The summed E-state index contributed by atoms with van der Waals surface area (Å²) in [7, 11) is 0. The summed E-state index contributed by atoms with van der Waals surface area (Å²) in [5, 5.41) is 3.79. The van der Waals surface area contributed by atoms with Gasteiger partial charge in [0, 0.05) is 35.0 Å². The van der Waals surface area contributed by atoms with Crippen molar-refractivity contribution in [3.8, 4) is 0 Å². The molecule has 0 bridgehead atoms. The molecule has 94 valence electrons. The van der Waals surface area contributed by atoms with E-state index < -0.39 is 0 Å². The van der Waals surface area contributed by atoms with Gasteiger partial charge in [-0.1, -0.05) is 23.2 Å². The van der Waals surface area contributed by atoms with Gasteiger partial charge in [0.05, 0.1) is 6.54 Å². The highest BCUT2D eigenvalue weighted by molar-refractivity contribution is 6.36. The average molecular weight is 273 g/mol. The van der Waals surface area contributed by atoms with E-state index in [1.807, 2.05) is 12.1 Å². The van der Waals surface area contributed by atoms with E-state index in [-0.39, 0.29) is 0 Å². The van der Waals surface area contributed by atoms with Crippen LogP contribution < -0.4 is 10.2 Å². The molecule has 0 radical (unpaired) electrons. The summed E-state index contributed by atoms with van der Waals surface area (Å²) in [4.78, 5) is 2.30. The van der Waals surface area contributed by atoms with Crippen LogP contribution in [0.2, 0.25) is 0 Å². The zero-order chi connectivity index (χ0) is 12.7. The molecule has 0 aliphatic heterocycles. The van der Waals surface area contributed by atoms with Crippen molar-refractivity contribution >= 4 is 34.6 Å². The van der Waals surface area contributed by atoms with Gasteiger partial charge in [-0.2, -0.15) is 0 Å². The van der Waals surface area contributed by atoms with Crippen molar-refractivity contribution in [2.75, 3.05) is 29.9 Å². The number of nitrogens with zero attached hydrogens (tertiary/aromatic N) is 1. The van der Waals surface area contributed by atoms with Crippen LogP contribution in [0.25, 0.3) is 0 Å². The molecule has 17 heavy (non-hydrogen) atoms. The fourth-order valence-electron chi connectivity index (χ4n) is 1.60. The lowest BCUT2D eigenvalue weighted by atomic mass is 10.2. The monoisotopic (exact) mass is 272 g/mol. The van der Waals surface area contributed by atoms with Gasteiger partial charge in [0.2, 0.25) is 0 Å². The number of nitrogens with one attached hydrogen (secondary N) is 1. The number of halogens is 2. The van der Waals surface area contributed by atoms with Crippen molar-refractivity contribution in [1.29, 1.82) is 0 Å². The third-order valence-electron chi connectivity index (χ3n) is 2.58. The molecular weight excluding hydrogens is 255 g/mol. The summed E-state index contributed by atoms with van der Waals surface area (Å²) in [6.45, 7) is 6.89. The predicted molar refractivity (Wildman–Crippen MR) is 78.3 cm³/mol. The Morgan fingerprint density at radius 2 is 1.82 bits per heavy atom. The van der Waals surface area contributed by atoms with Gasteiger partial charge in [-0.3, -0.25) is 0 Å². The van der Waals surface area contributed by atoms with Crippen molar-refractivity contribution in [1.82, 2.24) is 0 Å². The molecule has 0 fully saturated rings. The molecule has 2 nitrogen and oxygen atoms in total. The van der Waals surface area contributed by atoms with Crippen molar-refractivity contribution in [3.05, 3.63) is 34.8 Å². The summed E-state index contributed by atoms with van der Waals surface area (Å²) in [5.74, 6) is 0. The molecule has 0 aromatic heterocycles. The lowest BCUT2D eigenvalue weighted by Gasteiger charge is -2.21. The fourth-order valence-corrected chi connectivity index (χ4v) is 1.75. The highest BCUT2D eigenvalue weighted by Crippen LogP contribution is 2.18. The van der Waals surface area contributed by atoms with Crippen molar-refractivity contribution in [3.63, 3.8) is 0 Å². The molecular formula is C13H18Cl2N2. The third kappa shape index (κ3) is 4.49. The largest absolute Gasteiger partial charge is 0.380 e. The predicted octanol–water partition coefficient (Wildman–Crippen LogP) is 4.26. The molecule has 1 N–H and O–H groups in total. The van der Waals surface area contributed by atoms with E-state index in [2.05, 4.69) is 36.2 Å². The summed E-state index contributed by atoms with van der Waals surface area (Å²) in [6.07, 6.45) is 0. The Kier molecular flexibility index (Phi) is 6.23. The minimum Gasteiger partial charge on any atom is -0.380 e. The maximum absolute atomic E-state index is 5.80. The molecule has 1 aromatic rings.